The normalized spacial score (nSPS) is 10.6. The number of aromatic nitrogens is 2. The van der Waals surface area contributed by atoms with Crippen molar-refractivity contribution in [2.24, 2.45) is 0 Å². The van der Waals surface area contributed by atoms with Gasteiger partial charge in [0.1, 0.15) is 0 Å². The van der Waals surface area contributed by atoms with E-state index < -0.39 is 0 Å². The Morgan fingerprint density at radius 1 is 1.21 bits per heavy atom. The molecule has 1 aromatic rings. The molecule has 0 amide bonds. The molecule has 14 heavy (non-hydrogen) atoms. The summed E-state index contributed by atoms with van der Waals surface area (Å²) in [7, 11) is 0. The van der Waals surface area contributed by atoms with Gasteiger partial charge in [-0.05, 0) is 6.42 Å². The van der Waals surface area contributed by atoms with Crippen LogP contribution in [0.3, 0.4) is 0 Å². The minimum atomic E-state index is 0.0126. The van der Waals surface area contributed by atoms with Crippen LogP contribution in [-0.2, 0) is 6.54 Å². The monoisotopic (exact) mass is 196 g/mol. The maximum absolute atomic E-state index is 11.1. The predicted molar refractivity (Wildman–Crippen MR) is 58.4 cm³/mol. The standard InChI is InChI=1S/C11H20N2O/c1-2-3-4-5-6-7-9-13-10-8-12-11(13)14/h8,10H,2-7,9H2,1H3,(H,12,14). The van der Waals surface area contributed by atoms with Crippen LogP contribution < -0.4 is 5.69 Å². The molecule has 1 N–H and O–H groups in total. The van der Waals surface area contributed by atoms with Gasteiger partial charge >= 0.3 is 5.69 Å². The van der Waals surface area contributed by atoms with Crippen LogP contribution in [0.2, 0.25) is 0 Å². The lowest BCUT2D eigenvalue weighted by molar-refractivity contribution is 0.550. The van der Waals surface area contributed by atoms with E-state index in [-0.39, 0.29) is 5.69 Å². The Bertz CT molecular complexity index is 287. The van der Waals surface area contributed by atoms with Crippen LogP contribution in [0.4, 0.5) is 0 Å². The molecule has 0 atom stereocenters. The number of hydrogen-bond acceptors (Lipinski definition) is 1. The molecule has 0 saturated carbocycles. The molecule has 0 spiro atoms. The zero-order chi connectivity index (χ0) is 10.2. The minimum absolute atomic E-state index is 0.0126. The molecule has 0 aromatic carbocycles. The summed E-state index contributed by atoms with van der Waals surface area (Å²) in [5, 5.41) is 0. The number of H-pyrrole nitrogens is 1. The Labute approximate surface area is 85.2 Å². The van der Waals surface area contributed by atoms with Crippen molar-refractivity contribution in [1.29, 1.82) is 0 Å². The molecule has 0 radical (unpaired) electrons. The summed E-state index contributed by atoms with van der Waals surface area (Å²) in [6.45, 7) is 3.08. The summed E-state index contributed by atoms with van der Waals surface area (Å²) in [4.78, 5) is 13.7. The third-order valence-corrected chi connectivity index (χ3v) is 2.47. The fraction of sp³-hybridized carbons (Fsp3) is 0.727. The molecule has 1 aromatic heterocycles. The number of aryl methyl sites for hydroxylation is 1. The van der Waals surface area contributed by atoms with Crippen LogP contribution in [-0.4, -0.2) is 9.55 Å². The molecule has 0 aliphatic heterocycles. The molecule has 0 fully saturated rings. The lowest BCUT2D eigenvalue weighted by atomic mass is 10.1. The third-order valence-electron chi connectivity index (χ3n) is 2.47. The van der Waals surface area contributed by atoms with Gasteiger partial charge in [-0.1, -0.05) is 39.0 Å². The largest absolute Gasteiger partial charge is 0.325 e. The molecule has 3 nitrogen and oxygen atoms in total. The van der Waals surface area contributed by atoms with Gasteiger partial charge in [-0.15, -0.1) is 0 Å². The van der Waals surface area contributed by atoms with Crippen molar-refractivity contribution in [3.8, 4) is 0 Å². The lowest BCUT2D eigenvalue weighted by Gasteiger charge is -2.01. The molecule has 3 heteroatoms. The van der Waals surface area contributed by atoms with Gasteiger partial charge in [0.25, 0.3) is 0 Å². The summed E-state index contributed by atoms with van der Waals surface area (Å²) < 4.78 is 1.74. The van der Waals surface area contributed by atoms with E-state index in [0.717, 1.165) is 13.0 Å². The van der Waals surface area contributed by atoms with Crippen molar-refractivity contribution >= 4 is 0 Å². The maximum atomic E-state index is 11.1. The van der Waals surface area contributed by atoms with Gasteiger partial charge in [-0.3, -0.25) is 4.57 Å². The van der Waals surface area contributed by atoms with E-state index in [4.69, 9.17) is 0 Å². The number of nitrogens with zero attached hydrogens (tertiary/aromatic N) is 1. The Morgan fingerprint density at radius 2 is 1.93 bits per heavy atom. The Hall–Kier alpha value is -0.990. The van der Waals surface area contributed by atoms with Crippen molar-refractivity contribution in [1.82, 2.24) is 9.55 Å². The van der Waals surface area contributed by atoms with Gasteiger partial charge in [0.05, 0.1) is 0 Å². The van der Waals surface area contributed by atoms with Gasteiger partial charge in [-0.25, -0.2) is 4.79 Å². The van der Waals surface area contributed by atoms with Gasteiger partial charge in [0.15, 0.2) is 0 Å². The van der Waals surface area contributed by atoms with Gasteiger partial charge in [0.2, 0.25) is 0 Å². The topological polar surface area (TPSA) is 37.8 Å². The molecule has 0 saturated heterocycles. The van der Waals surface area contributed by atoms with Crippen molar-refractivity contribution in [3.63, 3.8) is 0 Å². The second-order valence-electron chi connectivity index (χ2n) is 3.73. The second kappa shape index (κ2) is 6.46. The smallest absolute Gasteiger partial charge is 0.313 e. The Balaban J connectivity index is 2.05. The van der Waals surface area contributed by atoms with E-state index in [2.05, 4.69) is 11.9 Å². The lowest BCUT2D eigenvalue weighted by Crippen LogP contribution is -2.15. The summed E-state index contributed by atoms with van der Waals surface area (Å²) in [6, 6.07) is 0. The average Bonchev–Trinajstić information content (AvgIpc) is 2.58. The number of hydrogen-bond donors (Lipinski definition) is 1. The first kappa shape index (κ1) is 11.1. The van der Waals surface area contributed by atoms with Crippen molar-refractivity contribution < 1.29 is 0 Å². The van der Waals surface area contributed by atoms with E-state index in [1.165, 1.54) is 32.1 Å². The van der Waals surface area contributed by atoms with Crippen molar-refractivity contribution in [3.05, 3.63) is 22.9 Å². The first-order valence-corrected chi connectivity index (χ1v) is 5.58. The maximum Gasteiger partial charge on any atom is 0.325 e. The quantitative estimate of drug-likeness (QED) is 0.669. The van der Waals surface area contributed by atoms with Crippen LogP contribution in [0.5, 0.6) is 0 Å². The van der Waals surface area contributed by atoms with E-state index in [1.807, 2.05) is 6.20 Å². The van der Waals surface area contributed by atoms with E-state index in [0.29, 0.717) is 0 Å². The number of imidazole rings is 1. The first-order chi connectivity index (χ1) is 6.84. The molecule has 1 heterocycles. The van der Waals surface area contributed by atoms with Crippen molar-refractivity contribution in [2.45, 2.75) is 52.0 Å². The minimum Gasteiger partial charge on any atom is -0.313 e. The molecule has 0 aliphatic rings. The predicted octanol–water partition coefficient (Wildman–Crippen LogP) is 2.54. The summed E-state index contributed by atoms with van der Waals surface area (Å²) in [6.07, 6.45) is 11.1. The van der Waals surface area contributed by atoms with Gasteiger partial charge in [-0.2, -0.15) is 0 Å². The van der Waals surface area contributed by atoms with E-state index >= 15 is 0 Å². The SMILES string of the molecule is CCCCCCCCn1cc[nH]c1=O. The molecule has 1 rings (SSSR count). The van der Waals surface area contributed by atoms with Crippen LogP contribution in [0.15, 0.2) is 17.2 Å². The van der Waals surface area contributed by atoms with Crippen LogP contribution >= 0.6 is 0 Å². The van der Waals surface area contributed by atoms with Gasteiger partial charge in [0, 0.05) is 18.9 Å². The number of unbranched alkanes of at least 4 members (excludes halogenated alkanes) is 5. The average molecular weight is 196 g/mol. The second-order valence-corrected chi connectivity index (χ2v) is 3.73. The summed E-state index contributed by atoms with van der Waals surface area (Å²) in [5.74, 6) is 0. The fourth-order valence-corrected chi connectivity index (χ4v) is 1.59. The van der Waals surface area contributed by atoms with E-state index in [9.17, 15) is 4.79 Å². The Morgan fingerprint density at radius 3 is 2.57 bits per heavy atom. The summed E-state index contributed by atoms with van der Waals surface area (Å²) in [5.41, 5.74) is 0.0126. The highest BCUT2D eigenvalue weighted by Gasteiger charge is 1.95. The number of aromatic amines is 1. The Kier molecular flexibility index (Phi) is 5.12. The van der Waals surface area contributed by atoms with Crippen LogP contribution in [0.1, 0.15) is 45.4 Å². The first-order valence-electron chi connectivity index (χ1n) is 5.58. The van der Waals surface area contributed by atoms with Crippen molar-refractivity contribution in [2.75, 3.05) is 0 Å². The molecule has 80 valence electrons. The highest BCUT2D eigenvalue weighted by Crippen LogP contribution is 2.05. The highest BCUT2D eigenvalue weighted by atomic mass is 16.1. The van der Waals surface area contributed by atoms with Gasteiger partial charge < -0.3 is 4.98 Å². The summed E-state index contributed by atoms with van der Waals surface area (Å²) >= 11 is 0. The van der Waals surface area contributed by atoms with E-state index in [1.54, 1.807) is 10.8 Å². The third kappa shape index (κ3) is 3.81. The molecule has 0 unspecified atom stereocenters. The number of rotatable bonds is 7. The molecular formula is C11H20N2O. The molecular weight excluding hydrogens is 176 g/mol. The van der Waals surface area contributed by atoms with Crippen LogP contribution in [0.25, 0.3) is 0 Å². The molecule has 0 bridgehead atoms. The highest BCUT2D eigenvalue weighted by molar-refractivity contribution is 4.75. The number of nitrogens with one attached hydrogen (secondary N) is 1. The zero-order valence-corrected chi connectivity index (χ0v) is 8.96. The zero-order valence-electron chi connectivity index (χ0n) is 8.96. The van der Waals surface area contributed by atoms with Crippen LogP contribution in [0, 0.1) is 0 Å². The fourth-order valence-electron chi connectivity index (χ4n) is 1.59. The molecule has 0 aliphatic carbocycles.